The molecule has 1 amide bonds. The Morgan fingerprint density at radius 2 is 2.20 bits per heavy atom. The van der Waals surface area contributed by atoms with Gasteiger partial charge in [0, 0.05) is 17.2 Å². The Kier molecular flexibility index (Phi) is 7.64. The van der Waals surface area contributed by atoms with Gasteiger partial charge >= 0.3 is 5.97 Å². The molecule has 0 fully saturated rings. The van der Waals surface area contributed by atoms with Gasteiger partial charge in [0.15, 0.2) is 0 Å². The predicted octanol–water partition coefficient (Wildman–Crippen LogP) is 2.12. The molecule has 3 N–H and O–H groups in total. The summed E-state index contributed by atoms with van der Waals surface area (Å²) in [5, 5.41) is 3.35. The molecule has 0 aromatic carbocycles. The van der Waals surface area contributed by atoms with Crippen LogP contribution in [0.4, 0.5) is 5.00 Å². The molecule has 0 radical (unpaired) electrons. The number of aryl methyl sites for hydroxylation is 1. The average Bonchev–Trinajstić information content (AvgIpc) is 2.82. The third-order valence-corrected chi connectivity index (χ3v) is 4.56. The average molecular weight is 316 g/mol. The first kappa shape index (κ1) is 17.0. The zero-order valence-electron chi connectivity index (χ0n) is 11.7. The smallest absolute Gasteiger partial charge is 0.341 e. The van der Waals surface area contributed by atoms with Crippen molar-refractivity contribution in [1.29, 1.82) is 0 Å². The van der Waals surface area contributed by atoms with E-state index in [1.54, 1.807) is 13.0 Å². The summed E-state index contributed by atoms with van der Waals surface area (Å²) in [6, 6.07) is 1.78. The number of anilines is 1. The van der Waals surface area contributed by atoms with Crippen LogP contribution in [0.5, 0.6) is 0 Å². The number of thiophene rings is 1. The van der Waals surface area contributed by atoms with Crippen molar-refractivity contribution in [1.82, 2.24) is 0 Å². The fourth-order valence-corrected chi connectivity index (χ4v) is 3.05. The molecule has 0 unspecified atom stereocenters. The van der Waals surface area contributed by atoms with Gasteiger partial charge in [-0.1, -0.05) is 6.92 Å². The largest absolute Gasteiger partial charge is 0.462 e. The molecule has 5 nitrogen and oxygen atoms in total. The van der Waals surface area contributed by atoms with E-state index < -0.39 is 5.97 Å². The maximum Gasteiger partial charge on any atom is 0.341 e. The maximum atomic E-state index is 11.8. The number of nitrogens with two attached hydrogens (primary N) is 1. The Hall–Kier alpha value is -1.05. The first-order valence-corrected chi connectivity index (χ1v) is 8.46. The monoisotopic (exact) mass is 316 g/mol. The van der Waals surface area contributed by atoms with Crippen molar-refractivity contribution in [3.8, 4) is 0 Å². The number of hydrogen-bond acceptors (Lipinski definition) is 6. The maximum absolute atomic E-state index is 11.8. The summed E-state index contributed by atoms with van der Waals surface area (Å²) in [5.41, 5.74) is 5.81. The minimum atomic E-state index is -0.395. The molecule has 7 heteroatoms. The van der Waals surface area contributed by atoms with Crippen LogP contribution < -0.4 is 11.1 Å². The molecule has 0 saturated carbocycles. The number of carbonyl (C=O) groups excluding carboxylic acids is 2. The Morgan fingerprint density at radius 1 is 1.45 bits per heavy atom. The molecule has 0 aliphatic carbocycles. The van der Waals surface area contributed by atoms with Crippen molar-refractivity contribution < 1.29 is 14.3 Å². The highest BCUT2D eigenvalue weighted by Crippen LogP contribution is 2.29. The van der Waals surface area contributed by atoms with Crippen LogP contribution in [0, 0.1) is 0 Å². The summed E-state index contributed by atoms with van der Waals surface area (Å²) >= 11 is 2.88. The quantitative estimate of drug-likeness (QED) is 0.567. The molecule has 112 valence electrons. The highest BCUT2D eigenvalue weighted by atomic mass is 32.2. The van der Waals surface area contributed by atoms with Gasteiger partial charge in [-0.05, 0) is 19.4 Å². The summed E-state index contributed by atoms with van der Waals surface area (Å²) in [6.45, 7) is 4.62. The molecular weight excluding hydrogens is 296 g/mol. The number of amides is 1. The minimum Gasteiger partial charge on any atom is -0.462 e. The molecule has 1 aromatic rings. The summed E-state index contributed by atoms with van der Waals surface area (Å²) < 4.78 is 5.00. The van der Waals surface area contributed by atoms with Crippen molar-refractivity contribution in [2.75, 3.05) is 30.0 Å². The van der Waals surface area contributed by atoms with E-state index >= 15 is 0 Å². The van der Waals surface area contributed by atoms with Crippen molar-refractivity contribution in [3.63, 3.8) is 0 Å². The van der Waals surface area contributed by atoms with E-state index in [4.69, 9.17) is 10.5 Å². The normalized spacial score (nSPS) is 10.3. The number of ether oxygens (including phenoxy) is 1. The van der Waals surface area contributed by atoms with Crippen molar-refractivity contribution in [2.45, 2.75) is 20.3 Å². The molecule has 1 rings (SSSR count). The first-order valence-electron chi connectivity index (χ1n) is 6.49. The number of hydrogen-bond donors (Lipinski definition) is 2. The van der Waals surface area contributed by atoms with Crippen LogP contribution >= 0.6 is 23.1 Å². The number of carbonyl (C=O) groups is 2. The van der Waals surface area contributed by atoms with Crippen LogP contribution in [0.2, 0.25) is 0 Å². The molecule has 0 bridgehead atoms. The van der Waals surface area contributed by atoms with Crippen molar-refractivity contribution in [3.05, 3.63) is 16.5 Å². The molecular formula is C13H20N2O3S2. The SMILES string of the molecule is CCOC(=O)c1cc(CC)sc1NC(=O)CSCCN. The van der Waals surface area contributed by atoms with Gasteiger partial charge in [0.2, 0.25) is 5.91 Å². The Balaban J connectivity index is 2.74. The van der Waals surface area contributed by atoms with E-state index in [0.717, 1.165) is 17.1 Å². The third-order valence-electron chi connectivity index (χ3n) is 2.38. The van der Waals surface area contributed by atoms with E-state index in [-0.39, 0.29) is 5.91 Å². The zero-order chi connectivity index (χ0) is 15.0. The van der Waals surface area contributed by atoms with Gasteiger partial charge in [-0.3, -0.25) is 4.79 Å². The fourth-order valence-electron chi connectivity index (χ4n) is 1.48. The van der Waals surface area contributed by atoms with Gasteiger partial charge in [-0.15, -0.1) is 11.3 Å². The van der Waals surface area contributed by atoms with Crippen LogP contribution in [0.25, 0.3) is 0 Å². The lowest BCUT2D eigenvalue weighted by Gasteiger charge is -2.05. The van der Waals surface area contributed by atoms with Crippen LogP contribution in [0.3, 0.4) is 0 Å². The molecule has 1 heterocycles. The second kappa shape index (κ2) is 8.99. The molecule has 20 heavy (non-hydrogen) atoms. The molecule has 0 spiro atoms. The summed E-state index contributed by atoms with van der Waals surface area (Å²) in [5.74, 6) is 0.550. The molecule has 0 saturated heterocycles. The van der Waals surface area contributed by atoms with Gasteiger partial charge < -0.3 is 15.8 Å². The second-order valence-electron chi connectivity index (χ2n) is 3.92. The van der Waals surface area contributed by atoms with Crippen LogP contribution in [0.1, 0.15) is 29.1 Å². The number of nitrogens with one attached hydrogen (secondary N) is 1. The zero-order valence-corrected chi connectivity index (χ0v) is 13.4. The summed E-state index contributed by atoms with van der Waals surface area (Å²) in [4.78, 5) is 24.7. The van der Waals surface area contributed by atoms with E-state index in [1.807, 2.05) is 6.92 Å². The molecule has 0 aliphatic rings. The lowest BCUT2D eigenvalue weighted by atomic mass is 10.2. The van der Waals surface area contributed by atoms with Crippen LogP contribution in [-0.2, 0) is 16.0 Å². The van der Waals surface area contributed by atoms with E-state index in [2.05, 4.69) is 5.32 Å². The van der Waals surface area contributed by atoms with Crippen molar-refractivity contribution in [2.24, 2.45) is 5.73 Å². The van der Waals surface area contributed by atoms with E-state index in [0.29, 0.717) is 29.5 Å². The molecule has 1 aromatic heterocycles. The highest BCUT2D eigenvalue weighted by molar-refractivity contribution is 7.99. The van der Waals surface area contributed by atoms with Crippen LogP contribution in [-0.4, -0.2) is 36.5 Å². The fraction of sp³-hybridized carbons (Fsp3) is 0.538. The number of rotatable bonds is 8. The predicted molar refractivity (Wildman–Crippen MR) is 84.7 cm³/mol. The minimum absolute atomic E-state index is 0.126. The summed E-state index contributed by atoms with van der Waals surface area (Å²) in [7, 11) is 0. The van der Waals surface area contributed by atoms with Crippen LogP contribution in [0.15, 0.2) is 6.07 Å². The topological polar surface area (TPSA) is 81.4 Å². The van der Waals surface area contributed by atoms with Gasteiger partial charge in [0.05, 0.1) is 17.9 Å². The Morgan fingerprint density at radius 3 is 2.80 bits per heavy atom. The van der Waals surface area contributed by atoms with E-state index in [9.17, 15) is 9.59 Å². The van der Waals surface area contributed by atoms with Gasteiger partial charge in [0.1, 0.15) is 5.00 Å². The lowest BCUT2D eigenvalue weighted by Crippen LogP contribution is -2.17. The van der Waals surface area contributed by atoms with Gasteiger partial charge in [-0.2, -0.15) is 11.8 Å². The summed E-state index contributed by atoms with van der Waals surface area (Å²) in [6.07, 6.45) is 0.814. The first-order chi connectivity index (χ1) is 9.62. The molecule has 0 atom stereocenters. The number of thioether (sulfide) groups is 1. The number of esters is 1. The van der Waals surface area contributed by atoms with Gasteiger partial charge in [-0.25, -0.2) is 4.79 Å². The molecule has 0 aliphatic heterocycles. The standard InChI is InChI=1S/C13H20N2O3S2/c1-3-9-7-10(13(17)18-4-2)12(20-9)15-11(16)8-19-6-5-14/h7H,3-6,8,14H2,1-2H3,(H,15,16). The Labute approximate surface area is 127 Å². The van der Waals surface area contributed by atoms with Gasteiger partial charge in [0.25, 0.3) is 0 Å². The second-order valence-corrected chi connectivity index (χ2v) is 6.16. The Bertz CT molecular complexity index is 460. The third kappa shape index (κ3) is 5.15. The highest BCUT2D eigenvalue weighted by Gasteiger charge is 2.18. The lowest BCUT2D eigenvalue weighted by molar-refractivity contribution is -0.113. The van der Waals surface area contributed by atoms with Crippen molar-refractivity contribution >= 4 is 40.0 Å². The van der Waals surface area contributed by atoms with E-state index in [1.165, 1.54) is 23.1 Å².